The zero-order valence-electron chi connectivity index (χ0n) is 18.1. The number of methoxy groups -OCH3 is 1. The van der Waals surface area contributed by atoms with Gasteiger partial charge in [0.05, 0.1) is 17.3 Å². The maximum absolute atomic E-state index is 6.65. The quantitative estimate of drug-likeness (QED) is 0.378. The number of hydrogen-bond donors (Lipinski definition) is 1. The Labute approximate surface area is 200 Å². The molecule has 2 atom stereocenters. The molecule has 3 heterocycles. The van der Waals surface area contributed by atoms with E-state index in [0.29, 0.717) is 5.95 Å². The van der Waals surface area contributed by atoms with Crippen molar-refractivity contribution in [1.29, 1.82) is 0 Å². The van der Waals surface area contributed by atoms with Gasteiger partial charge in [0.15, 0.2) is 0 Å². The van der Waals surface area contributed by atoms with Gasteiger partial charge in [-0.25, -0.2) is 4.68 Å². The average Bonchev–Trinajstić information content (AvgIpc) is 3.31. The first-order valence-electron chi connectivity index (χ1n) is 10.7. The van der Waals surface area contributed by atoms with Crippen LogP contribution in [0.2, 0.25) is 0 Å². The van der Waals surface area contributed by atoms with E-state index in [0.717, 1.165) is 43.9 Å². The molecule has 6 nitrogen and oxygen atoms in total. The fraction of sp³-hybridized carbons (Fsp3) is 0.154. The monoisotopic (exact) mass is 500 g/mol. The molecule has 164 valence electrons. The summed E-state index contributed by atoms with van der Waals surface area (Å²) in [7, 11) is 1.67. The first-order chi connectivity index (χ1) is 16.1. The first-order valence-corrected chi connectivity index (χ1v) is 11.5. The van der Waals surface area contributed by atoms with Crippen LogP contribution in [0, 0.1) is 6.92 Å². The second-order valence-corrected chi connectivity index (χ2v) is 9.04. The summed E-state index contributed by atoms with van der Waals surface area (Å²) in [6, 6.07) is 22.5. The Morgan fingerprint density at radius 2 is 1.82 bits per heavy atom. The summed E-state index contributed by atoms with van der Waals surface area (Å²) in [6.45, 7) is 2.09. The van der Waals surface area contributed by atoms with Crippen LogP contribution in [-0.2, 0) is 0 Å². The Balaban J connectivity index is 1.61. The maximum atomic E-state index is 6.65. The lowest BCUT2D eigenvalue weighted by molar-refractivity contribution is 0.223. The van der Waals surface area contributed by atoms with Crippen LogP contribution in [0.3, 0.4) is 0 Å². The van der Waals surface area contributed by atoms with E-state index in [2.05, 4.69) is 80.7 Å². The molecule has 3 aromatic carbocycles. The minimum atomic E-state index is -0.286. The Morgan fingerprint density at radius 1 is 1.03 bits per heavy atom. The Hall–Kier alpha value is -3.58. The molecule has 0 saturated carbocycles. The number of fused-ring (bicyclic) bond motifs is 3. The summed E-state index contributed by atoms with van der Waals surface area (Å²) in [4.78, 5) is 4.49. The van der Waals surface area contributed by atoms with E-state index >= 15 is 0 Å². The van der Waals surface area contributed by atoms with Crippen molar-refractivity contribution in [1.82, 2.24) is 14.8 Å². The van der Waals surface area contributed by atoms with Gasteiger partial charge in [-0.1, -0.05) is 48.0 Å². The summed E-state index contributed by atoms with van der Waals surface area (Å²) in [5, 5.41) is 8.12. The molecular weight excluding hydrogens is 480 g/mol. The van der Waals surface area contributed by atoms with Gasteiger partial charge in [0, 0.05) is 11.1 Å². The van der Waals surface area contributed by atoms with Gasteiger partial charge in [-0.05, 0) is 58.2 Å². The van der Waals surface area contributed by atoms with E-state index in [1.54, 1.807) is 13.4 Å². The predicted molar refractivity (Wildman–Crippen MR) is 130 cm³/mol. The van der Waals surface area contributed by atoms with E-state index in [1.807, 2.05) is 28.9 Å². The maximum Gasteiger partial charge on any atom is 0.226 e. The fourth-order valence-corrected chi connectivity index (χ4v) is 5.17. The van der Waals surface area contributed by atoms with Crippen LogP contribution >= 0.6 is 15.9 Å². The number of aryl methyl sites for hydroxylation is 1. The van der Waals surface area contributed by atoms with Crippen molar-refractivity contribution in [2.75, 3.05) is 12.4 Å². The van der Waals surface area contributed by atoms with Crippen molar-refractivity contribution in [2.45, 2.75) is 19.1 Å². The molecule has 2 aliphatic heterocycles. The van der Waals surface area contributed by atoms with Crippen LogP contribution in [0.25, 0.3) is 5.70 Å². The van der Waals surface area contributed by atoms with E-state index in [4.69, 9.17) is 9.47 Å². The molecule has 0 fully saturated rings. The van der Waals surface area contributed by atoms with Crippen molar-refractivity contribution in [3.8, 4) is 11.5 Å². The molecule has 0 bridgehead atoms. The summed E-state index contributed by atoms with van der Waals surface area (Å²) in [5.74, 6) is 2.32. The molecule has 1 aromatic heterocycles. The van der Waals surface area contributed by atoms with Gasteiger partial charge in [0.1, 0.15) is 30.0 Å². The Bertz CT molecular complexity index is 1390. The lowest BCUT2D eigenvalue weighted by Crippen LogP contribution is -2.32. The number of hydrogen-bond acceptors (Lipinski definition) is 5. The highest BCUT2D eigenvalue weighted by Crippen LogP contribution is 2.51. The van der Waals surface area contributed by atoms with Gasteiger partial charge >= 0.3 is 0 Å². The number of rotatable bonds is 3. The van der Waals surface area contributed by atoms with Gasteiger partial charge in [-0.2, -0.15) is 10.1 Å². The van der Waals surface area contributed by atoms with Crippen LogP contribution in [0.1, 0.15) is 34.4 Å². The van der Waals surface area contributed by atoms with Crippen molar-refractivity contribution in [3.05, 3.63) is 105 Å². The average molecular weight is 501 g/mol. The first kappa shape index (κ1) is 20.1. The normalized spacial score (nSPS) is 18.5. The molecule has 0 spiro atoms. The number of nitrogens with zero attached hydrogens (tertiary/aromatic N) is 3. The second kappa shape index (κ2) is 7.78. The highest BCUT2D eigenvalue weighted by molar-refractivity contribution is 9.10. The number of nitrogens with one attached hydrogen (secondary N) is 1. The molecule has 4 aromatic rings. The third-order valence-electron chi connectivity index (χ3n) is 6.19. The minimum absolute atomic E-state index is 0.208. The lowest BCUT2D eigenvalue weighted by atomic mass is 9.84. The van der Waals surface area contributed by atoms with E-state index < -0.39 is 0 Å². The largest absolute Gasteiger partial charge is 0.496 e. The van der Waals surface area contributed by atoms with E-state index in [9.17, 15) is 0 Å². The van der Waals surface area contributed by atoms with Gasteiger partial charge in [0.2, 0.25) is 5.95 Å². The topological polar surface area (TPSA) is 61.2 Å². The molecular formula is C26H21BrN4O2. The third-order valence-corrected chi connectivity index (χ3v) is 6.81. The number of para-hydroxylation sites is 1. The van der Waals surface area contributed by atoms with Gasteiger partial charge in [0.25, 0.3) is 0 Å². The fourth-order valence-electron chi connectivity index (χ4n) is 4.61. The Morgan fingerprint density at radius 3 is 2.61 bits per heavy atom. The zero-order valence-corrected chi connectivity index (χ0v) is 19.7. The zero-order chi connectivity index (χ0) is 22.5. The molecule has 0 aliphatic carbocycles. The number of ether oxygens (including phenoxy) is 2. The molecule has 0 unspecified atom stereocenters. The molecule has 0 radical (unpaired) electrons. The highest BCUT2D eigenvalue weighted by Gasteiger charge is 2.41. The summed E-state index contributed by atoms with van der Waals surface area (Å²) in [5.41, 5.74) is 6.48. The smallest absolute Gasteiger partial charge is 0.226 e. The van der Waals surface area contributed by atoms with E-state index in [-0.39, 0.29) is 12.1 Å². The molecule has 7 heteroatoms. The molecule has 0 amide bonds. The number of anilines is 1. The number of benzene rings is 3. The summed E-state index contributed by atoms with van der Waals surface area (Å²) < 4.78 is 14.9. The van der Waals surface area contributed by atoms with Gasteiger partial charge in [-0.3, -0.25) is 0 Å². The summed E-state index contributed by atoms with van der Waals surface area (Å²) >= 11 is 3.65. The van der Waals surface area contributed by atoms with Crippen molar-refractivity contribution in [3.63, 3.8) is 0 Å². The molecule has 1 N–H and O–H groups in total. The minimum Gasteiger partial charge on any atom is -0.496 e. The standard InChI is InChI=1S/C26H21BrN4O2/c1-15-7-9-16(10-8-15)25-22-23(18-5-3-4-6-20(18)33-25)30-26-28-14-29-31(26)24(22)17-11-12-21(32-2)19(27)13-17/h3-14,24-25H,1-2H3,(H,28,29,30)/t24-,25-/m0/s1. The van der Waals surface area contributed by atoms with Crippen molar-refractivity contribution in [2.24, 2.45) is 0 Å². The van der Waals surface area contributed by atoms with Crippen molar-refractivity contribution < 1.29 is 9.47 Å². The van der Waals surface area contributed by atoms with Crippen molar-refractivity contribution >= 4 is 27.6 Å². The lowest BCUT2D eigenvalue weighted by Gasteiger charge is -2.39. The predicted octanol–water partition coefficient (Wildman–Crippen LogP) is 5.92. The molecule has 2 aliphatic rings. The molecule has 33 heavy (non-hydrogen) atoms. The Kier molecular flexibility index (Phi) is 4.73. The number of halogens is 1. The third kappa shape index (κ3) is 3.23. The highest BCUT2D eigenvalue weighted by atomic mass is 79.9. The van der Waals surface area contributed by atoms with Gasteiger partial charge < -0.3 is 14.8 Å². The van der Waals surface area contributed by atoms with Crippen LogP contribution in [0.4, 0.5) is 5.95 Å². The van der Waals surface area contributed by atoms with Crippen LogP contribution < -0.4 is 14.8 Å². The van der Waals surface area contributed by atoms with Crippen LogP contribution in [-0.4, -0.2) is 21.9 Å². The van der Waals surface area contributed by atoms with Crippen LogP contribution in [0.5, 0.6) is 11.5 Å². The molecule has 0 saturated heterocycles. The van der Waals surface area contributed by atoms with Crippen LogP contribution in [0.15, 0.2) is 83.1 Å². The number of aromatic nitrogens is 3. The summed E-state index contributed by atoms with van der Waals surface area (Å²) in [6.07, 6.45) is 1.30. The second-order valence-electron chi connectivity index (χ2n) is 8.18. The van der Waals surface area contributed by atoms with E-state index in [1.165, 1.54) is 5.56 Å². The molecule has 6 rings (SSSR count). The van der Waals surface area contributed by atoms with Gasteiger partial charge in [-0.15, -0.1) is 0 Å². The SMILES string of the molecule is COc1ccc([C@H]2C3=C(Nc4ncnn42)c2ccccc2O[C@H]3c2ccc(C)cc2)cc1Br.